The molecule has 3 N–H and O–H groups in total. The highest BCUT2D eigenvalue weighted by Gasteiger charge is 2.06. The van der Waals surface area contributed by atoms with Crippen molar-refractivity contribution in [1.29, 1.82) is 0 Å². The molecule has 1 heterocycles. The second-order valence-electron chi connectivity index (χ2n) is 1.96. The molecule has 0 saturated carbocycles. The summed E-state index contributed by atoms with van der Waals surface area (Å²) in [6.07, 6.45) is 0. The van der Waals surface area contributed by atoms with Crippen LogP contribution in [-0.2, 0) is 13.6 Å². The molecule has 0 atom stereocenters. The lowest BCUT2D eigenvalue weighted by molar-refractivity contribution is 0.704. The van der Waals surface area contributed by atoms with Gasteiger partial charge in [-0.05, 0) is 15.9 Å². The van der Waals surface area contributed by atoms with Crippen molar-refractivity contribution in [2.24, 2.45) is 12.8 Å². The zero-order valence-electron chi connectivity index (χ0n) is 5.52. The first-order valence-electron chi connectivity index (χ1n) is 2.80. The van der Waals surface area contributed by atoms with Crippen molar-refractivity contribution in [3.05, 3.63) is 20.5 Å². The molecule has 0 aromatic carbocycles. The van der Waals surface area contributed by atoms with Crippen molar-refractivity contribution < 1.29 is 0 Å². The number of rotatable bonds is 1. The molecule has 0 aliphatic rings. The van der Waals surface area contributed by atoms with Gasteiger partial charge in [0, 0.05) is 13.6 Å². The number of H-pyrrole nitrogens is 1. The first-order valence-corrected chi connectivity index (χ1v) is 3.59. The van der Waals surface area contributed by atoms with Gasteiger partial charge >= 0.3 is 0 Å². The molecule has 0 aliphatic heterocycles. The number of nitrogens with one attached hydrogen (secondary N) is 1. The quantitative estimate of drug-likeness (QED) is 0.675. The minimum absolute atomic E-state index is 0.136. The third kappa shape index (κ3) is 1.02. The van der Waals surface area contributed by atoms with Crippen LogP contribution in [0.15, 0.2) is 9.27 Å². The molecule has 0 fully saturated rings. The predicted octanol–water partition coefficient (Wildman–Crippen LogP) is -0.0654. The second kappa shape index (κ2) is 2.59. The number of hydrogen-bond donors (Lipinski definition) is 2. The largest absolute Gasteiger partial charge is 0.325 e. The third-order valence-corrected chi connectivity index (χ3v) is 2.14. The normalized spacial score (nSPS) is 10.3. The average Bonchev–Trinajstić information content (AvgIpc) is 2.09. The summed E-state index contributed by atoms with van der Waals surface area (Å²) in [4.78, 5) is 10.8. The van der Waals surface area contributed by atoms with Gasteiger partial charge in [0.05, 0.1) is 5.69 Å². The van der Waals surface area contributed by atoms with Gasteiger partial charge in [0.15, 0.2) is 0 Å². The van der Waals surface area contributed by atoms with Crippen LogP contribution in [0.5, 0.6) is 0 Å². The number of halogens is 1. The van der Waals surface area contributed by atoms with Crippen LogP contribution >= 0.6 is 15.9 Å². The highest BCUT2D eigenvalue weighted by molar-refractivity contribution is 9.10. The molecule has 0 aliphatic carbocycles. The minimum atomic E-state index is -0.136. The van der Waals surface area contributed by atoms with Gasteiger partial charge in [0.2, 0.25) is 0 Å². The van der Waals surface area contributed by atoms with Crippen molar-refractivity contribution in [2.75, 3.05) is 0 Å². The predicted molar refractivity (Wildman–Crippen MR) is 41.6 cm³/mol. The van der Waals surface area contributed by atoms with Gasteiger partial charge in [0.25, 0.3) is 5.56 Å². The molecule has 0 unspecified atom stereocenters. The average molecular weight is 206 g/mol. The van der Waals surface area contributed by atoms with Crippen LogP contribution < -0.4 is 11.3 Å². The van der Waals surface area contributed by atoms with E-state index in [9.17, 15) is 4.79 Å². The molecule has 5 heteroatoms. The zero-order chi connectivity index (χ0) is 7.72. The highest BCUT2D eigenvalue weighted by atomic mass is 79.9. The fourth-order valence-electron chi connectivity index (χ4n) is 0.774. The van der Waals surface area contributed by atoms with E-state index in [0.717, 1.165) is 5.69 Å². The molecule has 1 aromatic heterocycles. The number of hydrogen-bond acceptors (Lipinski definition) is 2. The summed E-state index contributed by atoms with van der Waals surface area (Å²) in [7, 11) is 1.74. The van der Waals surface area contributed by atoms with E-state index in [1.807, 2.05) is 0 Å². The van der Waals surface area contributed by atoms with Gasteiger partial charge in [-0.3, -0.25) is 14.6 Å². The van der Waals surface area contributed by atoms with Crippen LogP contribution in [0.25, 0.3) is 0 Å². The van der Waals surface area contributed by atoms with Crippen molar-refractivity contribution in [3.63, 3.8) is 0 Å². The molecule has 0 radical (unpaired) electrons. The molecule has 1 aromatic rings. The lowest BCUT2D eigenvalue weighted by Gasteiger charge is -1.96. The number of nitrogens with two attached hydrogens (primary N) is 1. The van der Waals surface area contributed by atoms with Crippen LogP contribution in [0.2, 0.25) is 0 Å². The van der Waals surface area contributed by atoms with Gasteiger partial charge in [0.1, 0.15) is 4.47 Å². The van der Waals surface area contributed by atoms with Crippen molar-refractivity contribution >= 4 is 15.9 Å². The summed E-state index contributed by atoms with van der Waals surface area (Å²) in [6, 6.07) is 0. The van der Waals surface area contributed by atoms with Crippen molar-refractivity contribution in [2.45, 2.75) is 6.54 Å². The maximum atomic E-state index is 10.8. The van der Waals surface area contributed by atoms with Crippen LogP contribution in [0, 0.1) is 0 Å². The SMILES string of the molecule is Cn1[nH]c(=O)c(Br)c1CN. The summed E-state index contributed by atoms with van der Waals surface area (Å²) in [5, 5.41) is 2.56. The minimum Gasteiger partial charge on any atom is -0.325 e. The first-order chi connectivity index (χ1) is 4.66. The molecule has 0 saturated heterocycles. The van der Waals surface area contributed by atoms with Gasteiger partial charge in [-0.2, -0.15) is 0 Å². The monoisotopic (exact) mass is 205 g/mol. The molecule has 10 heavy (non-hydrogen) atoms. The maximum absolute atomic E-state index is 10.8. The molecule has 0 spiro atoms. The third-order valence-electron chi connectivity index (χ3n) is 1.32. The van der Waals surface area contributed by atoms with Crippen LogP contribution in [0.3, 0.4) is 0 Å². The zero-order valence-corrected chi connectivity index (χ0v) is 7.10. The Balaban J connectivity index is 3.34. The van der Waals surface area contributed by atoms with E-state index < -0.39 is 0 Å². The topological polar surface area (TPSA) is 63.8 Å². The van der Waals surface area contributed by atoms with E-state index >= 15 is 0 Å². The smallest absolute Gasteiger partial charge is 0.278 e. The summed E-state index contributed by atoms with van der Waals surface area (Å²) >= 11 is 3.12. The van der Waals surface area contributed by atoms with Crippen LogP contribution in [0.1, 0.15) is 5.69 Å². The Bertz CT molecular complexity index is 288. The molecular weight excluding hydrogens is 198 g/mol. The van der Waals surface area contributed by atoms with Gasteiger partial charge < -0.3 is 5.73 Å². The Morgan fingerprint density at radius 3 is 2.60 bits per heavy atom. The molecular formula is C5H8BrN3O. The number of nitrogens with zero attached hydrogens (tertiary/aromatic N) is 1. The van der Waals surface area contributed by atoms with Crippen molar-refractivity contribution in [3.8, 4) is 0 Å². The molecule has 1 rings (SSSR count). The Labute approximate surface area is 66.1 Å². The molecule has 4 nitrogen and oxygen atoms in total. The summed E-state index contributed by atoms with van der Waals surface area (Å²) in [5.74, 6) is 0. The van der Waals surface area contributed by atoms with E-state index in [1.165, 1.54) is 0 Å². The van der Waals surface area contributed by atoms with E-state index in [1.54, 1.807) is 11.7 Å². The van der Waals surface area contributed by atoms with Crippen LogP contribution in [0.4, 0.5) is 0 Å². The lowest BCUT2D eigenvalue weighted by Crippen LogP contribution is -2.04. The van der Waals surface area contributed by atoms with Gasteiger partial charge in [-0.1, -0.05) is 0 Å². The molecule has 56 valence electrons. The Hall–Kier alpha value is -0.550. The van der Waals surface area contributed by atoms with Crippen molar-refractivity contribution in [1.82, 2.24) is 9.78 Å². The van der Waals surface area contributed by atoms with Gasteiger partial charge in [-0.15, -0.1) is 0 Å². The Kier molecular flexibility index (Phi) is 1.96. The Morgan fingerprint density at radius 2 is 2.40 bits per heavy atom. The molecule has 0 amide bonds. The van der Waals surface area contributed by atoms with E-state index in [0.29, 0.717) is 11.0 Å². The number of aromatic nitrogens is 2. The van der Waals surface area contributed by atoms with Crippen LogP contribution in [-0.4, -0.2) is 9.78 Å². The Morgan fingerprint density at radius 1 is 1.80 bits per heavy atom. The second-order valence-corrected chi connectivity index (χ2v) is 2.76. The lowest BCUT2D eigenvalue weighted by atomic mass is 10.4. The summed E-state index contributed by atoms with van der Waals surface area (Å²) in [5.41, 5.74) is 6.00. The highest BCUT2D eigenvalue weighted by Crippen LogP contribution is 2.08. The fraction of sp³-hybridized carbons (Fsp3) is 0.400. The standard InChI is InChI=1S/C5H8BrN3O/c1-9-3(2-7)4(6)5(10)8-9/h2,7H2,1H3,(H,8,10). The van der Waals surface area contributed by atoms with E-state index in [2.05, 4.69) is 21.0 Å². The number of aryl methyl sites for hydroxylation is 1. The van der Waals surface area contributed by atoms with E-state index in [-0.39, 0.29) is 5.56 Å². The fourth-order valence-corrected chi connectivity index (χ4v) is 1.29. The summed E-state index contributed by atoms with van der Waals surface area (Å²) < 4.78 is 2.13. The maximum Gasteiger partial charge on any atom is 0.278 e. The van der Waals surface area contributed by atoms with E-state index in [4.69, 9.17) is 5.73 Å². The summed E-state index contributed by atoms with van der Waals surface area (Å²) in [6.45, 7) is 0.357. The molecule has 0 bridgehead atoms. The number of aromatic amines is 1. The van der Waals surface area contributed by atoms with Gasteiger partial charge in [-0.25, -0.2) is 0 Å². The first kappa shape index (κ1) is 7.56.